The standard InChI is InChI=1S/C27H29NO2/c1-18(2)26-16-25(20(4)29)12-13-27(26)30-17-22-10-8-21(9-11-22)14-23-6-5-7-24(15-23)19(3)28/h5-13,15-16,18,28H,14,17H2,1-4H3. The molecule has 0 fully saturated rings. The SMILES string of the molecule is CC(=N)c1cccc(Cc2ccc(COc3ccc(C(C)=O)cc3C(C)C)cc2)c1. The molecule has 3 nitrogen and oxygen atoms in total. The fourth-order valence-corrected chi connectivity index (χ4v) is 3.41. The van der Waals surface area contributed by atoms with Gasteiger partial charge in [0.25, 0.3) is 0 Å². The van der Waals surface area contributed by atoms with Crippen LogP contribution >= 0.6 is 0 Å². The lowest BCUT2D eigenvalue weighted by Crippen LogP contribution is -2.02. The van der Waals surface area contributed by atoms with Crippen LogP contribution in [0.3, 0.4) is 0 Å². The fraction of sp³-hybridized carbons (Fsp3) is 0.259. The predicted octanol–water partition coefficient (Wildman–Crippen LogP) is 6.57. The maximum absolute atomic E-state index is 11.7. The van der Waals surface area contributed by atoms with Crippen LogP contribution in [0.1, 0.15) is 71.8 Å². The minimum absolute atomic E-state index is 0.0698. The largest absolute Gasteiger partial charge is 0.489 e. The summed E-state index contributed by atoms with van der Waals surface area (Å²) in [6, 6.07) is 22.3. The first-order chi connectivity index (χ1) is 14.3. The van der Waals surface area contributed by atoms with E-state index in [4.69, 9.17) is 10.1 Å². The first kappa shape index (κ1) is 21.5. The van der Waals surface area contributed by atoms with Crippen molar-refractivity contribution in [2.75, 3.05) is 0 Å². The van der Waals surface area contributed by atoms with Gasteiger partial charge in [0.2, 0.25) is 0 Å². The first-order valence-corrected chi connectivity index (χ1v) is 10.3. The summed E-state index contributed by atoms with van der Waals surface area (Å²) in [7, 11) is 0. The van der Waals surface area contributed by atoms with E-state index in [1.807, 2.05) is 37.3 Å². The zero-order valence-corrected chi connectivity index (χ0v) is 18.2. The summed E-state index contributed by atoms with van der Waals surface area (Å²) in [4.78, 5) is 11.7. The number of hydrogen-bond donors (Lipinski definition) is 1. The van der Waals surface area contributed by atoms with Crippen molar-refractivity contribution in [2.24, 2.45) is 0 Å². The number of benzene rings is 3. The van der Waals surface area contributed by atoms with Gasteiger partial charge in [0.1, 0.15) is 12.4 Å². The Hall–Kier alpha value is -3.20. The van der Waals surface area contributed by atoms with Gasteiger partial charge in [-0.2, -0.15) is 0 Å². The van der Waals surface area contributed by atoms with E-state index in [0.717, 1.165) is 34.4 Å². The molecule has 0 aromatic heterocycles. The Kier molecular flexibility index (Phi) is 6.83. The van der Waals surface area contributed by atoms with Crippen LogP contribution in [0.25, 0.3) is 0 Å². The van der Waals surface area contributed by atoms with Gasteiger partial charge in [0.05, 0.1) is 0 Å². The number of rotatable bonds is 8. The van der Waals surface area contributed by atoms with Gasteiger partial charge in [-0.05, 0) is 78.3 Å². The molecule has 30 heavy (non-hydrogen) atoms. The number of Topliss-reactive ketones (excluding diaryl/α,β-unsaturated/α-hetero) is 1. The molecule has 0 heterocycles. The lowest BCUT2D eigenvalue weighted by molar-refractivity contribution is 0.101. The van der Waals surface area contributed by atoms with Gasteiger partial charge in [-0.15, -0.1) is 0 Å². The van der Waals surface area contributed by atoms with Gasteiger partial charge in [-0.3, -0.25) is 4.79 Å². The Balaban J connectivity index is 1.67. The Labute approximate surface area is 179 Å². The molecule has 1 N–H and O–H groups in total. The second-order valence-electron chi connectivity index (χ2n) is 8.07. The van der Waals surface area contributed by atoms with Gasteiger partial charge in [-0.1, -0.05) is 56.3 Å². The molecule has 0 bridgehead atoms. The zero-order chi connectivity index (χ0) is 21.7. The summed E-state index contributed by atoms with van der Waals surface area (Å²) in [5.41, 5.74) is 6.87. The van der Waals surface area contributed by atoms with Crippen molar-refractivity contribution < 1.29 is 9.53 Å². The van der Waals surface area contributed by atoms with Crippen LogP contribution in [0.15, 0.2) is 66.7 Å². The first-order valence-electron chi connectivity index (χ1n) is 10.3. The lowest BCUT2D eigenvalue weighted by atomic mass is 9.98. The molecule has 0 aliphatic heterocycles. The Morgan fingerprint density at radius 2 is 1.57 bits per heavy atom. The van der Waals surface area contributed by atoms with Crippen molar-refractivity contribution in [3.05, 3.63) is 100 Å². The Bertz CT molecular complexity index is 1050. The van der Waals surface area contributed by atoms with Crippen LogP contribution in [0.4, 0.5) is 0 Å². The van der Waals surface area contributed by atoms with Crippen molar-refractivity contribution in [1.29, 1.82) is 5.41 Å². The van der Waals surface area contributed by atoms with Crippen LogP contribution in [-0.4, -0.2) is 11.5 Å². The number of nitrogens with one attached hydrogen (secondary N) is 1. The van der Waals surface area contributed by atoms with Crippen molar-refractivity contribution >= 4 is 11.5 Å². The van der Waals surface area contributed by atoms with E-state index in [2.05, 4.69) is 50.2 Å². The third kappa shape index (κ3) is 5.44. The molecule has 0 spiro atoms. The fourth-order valence-electron chi connectivity index (χ4n) is 3.41. The molecule has 0 radical (unpaired) electrons. The van der Waals surface area contributed by atoms with E-state index in [-0.39, 0.29) is 11.7 Å². The Morgan fingerprint density at radius 1 is 0.867 bits per heavy atom. The average molecular weight is 400 g/mol. The zero-order valence-electron chi connectivity index (χ0n) is 18.2. The number of carbonyl (C=O) groups excluding carboxylic acids is 1. The van der Waals surface area contributed by atoms with E-state index >= 15 is 0 Å². The van der Waals surface area contributed by atoms with Gasteiger partial charge in [-0.25, -0.2) is 0 Å². The number of ketones is 1. The molecule has 3 heteroatoms. The summed E-state index contributed by atoms with van der Waals surface area (Å²) in [5, 5.41) is 7.80. The molecule has 0 atom stereocenters. The van der Waals surface area contributed by atoms with Gasteiger partial charge in [0.15, 0.2) is 5.78 Å². The van der Waals surface area contributed by atoms with Crippen molar-refractivity contribution in [3.63, 3.8) is 0 Å². The molecule has 154 valence electrons. The van der Waals surface area contributed by atoms with Crippen LogP contribution in [-0.2, 0) is 13.0 Å². The molecule has 3 rings (SSSR count). The minimum Gasteiger partial charge on any atom is -0.489 e. The monoisotopic (exact) mass is 399 g/mol. The molecule has 3 aromatic carbocycles. The second kappa shape index (κ2) is 9.53. The van der Waals surface area contributed by atoms with Gasteiger partial charge < -0.3 is 10.1 Å². The van der Waals surface area contributed by atoms with E-state index in [9.17, 15) is 4.79 Å². The van der Waals surface area contributed by atoms with E-state index in [1.165, 1.54) is 11.1 Å². The highest BCUT2D eigenvalue weighted by atomic mass is 16.5. The topological polar surface area (TPSA) is 50.1 Å². The molecular weight excluding hydrogens is 370 g/mol. The summed E-state index contributed by atoms with van der Waals surface area (Å²) >= 11 is 0. The second-order valence-corrected chi connectivity index (χ2v) is 8.07. The molecule has 0 amide bonds. The number of ether oxygens (including phenoxy) is 1. The molecule has 0 saturated heterocycles. The van der Waals surface area contributed by atoms with Gasteiger partial charge >= 0.3 is 0 Å². The third-order valence-corrected chi connectivity index (χ3v) is 5.22. The van der Waals surface area contributed by atoms with Gasteiger partial charge in [0, 0.05) is 11.3 Å². The predicted molar refractivity (Wildman–Crippen MR) is 123 cm³/mol. The van der Waals surface area contributed by atoms with Crippen LogP contribution in [0.5, 0.6) is 5.75 Å². The van der Waals surface area contributed by atoms with Crippen LogP contribution in [0, 0.1) is 5.41 Å². The summed E-state index contributed by atoms with van der Waals surface area (Å²) in [6.07, 6.45) is 0.840. The van der Waals surface area contributed by atoms with Crippen molar-refractivity contribution in [1.82, 2.24) is 0 Å². The Morgan fingerprint density at radius 3 is 2.20 bits per heavy atom. The summed E-state index contributed by atoms with van der Waals surface area (Å²) < 4.78 is 6.08. The van der Waals surface area contributed by atoms with Crippen LogP contribution in [0.2, 0.25) is 0 Å². The smallest absolute Gasteiger partial charge is 0.159 e. The minimum atomic E-state index is 0.0698. The number of carbonyl (C=O) groups is 1. The van der Waals surface area contributed by atoms with E-state index in [1.54, 1.807) is 6.92 Å². The third-order valence-electron chi connectivity index (χ3n) is 5.22. The van der Waals surface area contributed by atoms with Crippen molar-refractivity contribution in [2.45, 2.75) is 46.6 Å². The highest BCUT2D eigenvalue weighted by Gasteiger charge is 2.11. The maximum Gasteiger partial charge on any atom is 0.159 e. The molecule has 0 saturated carbocycles. The lowest BCUT2D eigenvalue weighted by Gasteiger charge is -2.15. The molecule has 3 aromatic rings. The maximum atomic E-state index is 11.7. The van der Waals surface area contributed by atoms with Crippen molar-refractivity contribution in [3.8, 4) is 5.75 Å². The molecule has 0 aliphatic rings. The molecule has 0 aliphatic carbocycles. The molecule has 0 unspecified atom stereocenters. The normalized spacial score (nSPS) is 10.8. The summed E-state index contributed by atoms with van der Waals surface area (Å²) in [6.45, 7) is 8.10. The van der Waals surface area contributed by atoms with E-state index < -0.39 is 0 Å². The van der Waals surface area contributed by atoms with Crippen LogP contribution < -0.4 is 4.74 Å². The average Bonchev–Trinajstić information content (AvgIpc) is 2.73. The van der Waals surface area contributed by atoms with E-state index in [0.29, 0.717) is 12.3 Å². The number of hydrogen-bond acceptors (Lipinski definition) is 3. The summed E-state index contributed by atoms with van der Waals surface area (Å²) in [5.74, 6) is 1.18. The molecular formula is C27H29NO2. The highest BCUT2D eigenvalue weighted by Crippen LogP contribution is 2.28. The highest BCUT2D eigenvalue weighted by molar-refractivity contribution is 5.96. The quantitative estimate of drug-likeness (QED) is 0.344.